The van der Waals surface area contributed by atoms with Crippen LogP contribution in [-0.2, 0) is 0 Å². The number of benzene rings is 7. The van der Waals surface area contributed by atoms with Crippen LogP contribution in [0.4, 0.5) is 5.69 Å². The number of aromatic nitrogens is 3. The molecule has 2 heterocycles. The van der Waals surface area contributed by atoms with E-state index in [0.717, 1.165) is 66.6 Å². The van der Waals surface area contributed by atoms with E-state index in [9.17, 15) is 5.26 Å². The molecule has 5 heteroatoms. The van der Waals surface area contributed by atoms with E-state index < -0.39 is 0 Å². The third kappa shape index (κ3) is 5.69. The highest BCUT2D eigenvalue weighted by molar-refractivity contribution is 6.12. The molecule has 0 aliphatic rings. The molecule has 0 bridgehead atoms. The van der Waals surface area contributed by atoms with Gasteiger partial charge in [-0.15, -0.1) is 0 Å². The number of hydrogen-bond acceptors (Lipinski definition) is 3. The molecule has 9 aromatic rings. The van der Waals surface area contributed by atoms with Crippen LogP contribution >= 0.6 is 0 Å². The Bertz CT molecular complexity index is 2690. The molecule has 53 heavy (non-hydrogen) atoms. The van der Waals surface area contributed by atoms with Crippen LogP contribution in [0.1, 0.15) is 5.56 Å². The zero-order valence-corrected chi connectivity index (χ0v) is 28.5. The van der Waals surface area contributed by atoms with Crippen LogP contribution in [0.15, 0.2) is 176 Å². The van der Waals surface area contributed by atoms with E-state index >= 15 is 0 Å². The van der Waals surface area contributed by atoms with Crippen molar-refractivity contribution in [1.29, 1.82) is 5.26 Å². The lowest BCUT2D eigenvalue weighted by molar-refractivity contribution is 1.16. The Morgan fingerprint density at radius 2 is 0.925 bits per heavy atom. The van der Waals surface area contributed by atoms with Gasteiger partial charge < -0.3 is 4.57 Å². The van der Waals surface area contributed by atoms with Crippen LogP contribution < -0.4 is 0 Å². The summed E-state index contributed by atoms with van der Waals surface area (Å²) in [4.78, 5) is 14.1. The summed E-state index contributed by atoms with van der Waals surface area (Å²) in [7, 11) is 0. The molecule has 9 rings (SSSR count). The van der Waals surface area contributed by atoms with E-state index in [2.05, 4.69) is 76.1 Å². The average molecular weight is 676 g/mol. The van der Waals surface area contributed by atoms with Crippen molar-refractivity contribution in [3.05, 3.63) is 193 Å². The number of nitriles is 1. The molecular formula is C48H29N5. The predicted octanol–water partition coefficient (Wildman–Crippen LogP) is 12.3. The minimum absolute atomic E-state index is 0.336. The second-order valence-electron chi connectivity index (χ2n) is 12.8. The Kier molecular flexibility index (Phi) is 7.86. The Morgan fingerprint density at radius 1 is 0.472 bits per heavy atom. The van der Waals surface area contributed by atoms with Crippen molar-refractivity contribution in [2.45, 2.75) is 0 Å². The smallest absolute Gasteiger partial charge is 0.212 e. The highest BCUT2D eigenvalue weighted by Crippen LogP contribution is 2.42. The summed E-state index contributed by atoms with van der Waals surface area (Å²) in [6, 6.07) is 61.4. The van der Waals surface area contributed by atoms with Crippen LogP contribution in [0.2, 0.25) is 0 Å². The van der Waals surface area contributed by atoms with E-state index in [-0.39, 0.29) is 0 Å². The molecule has 0 saturated heterocycles. The van der Waals surface area contributed by atoms with Gasteiger partial charge in [-0.2, -0.15) is 5.26 Å². The SMILES string of the molecule is [C-]#[N+]c1cc(-c2nc(-c3ccccc3)cc(-c3ccccc3)n2)cc(C#N)c1-n1c2cc(-c3ccccc3)ccc2c2ccc(-c3ccccc3)cc21. The van der Waals surface area contributed by atoms with E-state index in [1.807, 2.05) is 115 Å². The summed E-state index contributed by atoms with van der Waals surface area (Å²) < 4.78 is 2.09. The van der Waals surface area contributed by atoms with Crippen molar-refractivity contribution in [3.63, 3.8) is 0 Å². The highest BCUT2D eigenvalue weighted by atomic mass is 15.0. The third-order valence-corrected chi connectivity index (χ3v) is 9.66. The largest absolute Gasteiger partial charge is 0.318 e. The maximum atomic E-state index is 10.9. The van der Waals surface area contributed by atoms with Crippen LogP contribution in [0.25, 0.3) is 88.5 Å². The second-order valence-corrected chi connectivity index (χ2v) is 12.8. The van der Waals surface area contributed by atoms with E-state index in [1.165, 1.54) is 0 Å². The fourth-order valence-corrected chi connectivity index (χ4v) is 7.12. The van der Waals surface area contributed by atoms with Gasteiger partial charge in [0.05, 0.1) is 46.3 Å². The van der Waals surface area contributed by atoms with Crippen molar-refractivity contribution >= 4 is 27.5 Å². The minimum atomic E-state index is 0.336. The summed E-state index contributed by atoms with van der Waals surface area (Å²) in [6.07, 6.45) is 0. The molecule has 0 N–H and O–H groups in total. The molecule has 0 atom stereocenters. The Balaban J connectivity index is 1.31. The lowest BCUT2D eigenvalue weighted by Crippen LogP contribution is -2.01. The van der Waals surface area contributed by atoms with Crippen molar-refractivity contribution in [2.75, 3.05) is 0 Å². The normalized spacial score (nSPS) is 11.0. The third-order valence-electron chi connectivity index (χ3n) is 9.66. The monoisotopic (exact) mass is 675 g/mol. The molecule has 7 aromatic carbocycles. The zero-order chi connectivity index (χ0) is 35.7. The van der Waals surface area contributed by atoms with Crippen LogP contribution in [0.5, 0.6) is 0 Å². The van der Waals surface area contributed by atoms with Crippen LogP contribution in [0.3, 0.4) is 0 Å². The summed E-state index contributed by atoms with van der Waals surface area (Å²) >= 11 is 0. The van der Waals surface area contributed by atoms with Gasteiger partial charge in [0.25, 0.3) is 0 Å². The first kappa shape index (κ1) is 31.4. The average Bonchev–Trinajstić information content (AvgIpc) is 3.56. The molecule has 2 aromatic heterocycles. The molecule has 0 aliphatic heterocycles. The predicted molar refractivity (Wildman–Crippen MR) is 215 cm³/mol. The standard InChI is InChI=1S/C48H29N5/c1-50-44-27-38(48-51-42(34-18-10-4-11-19-34)30-43(52-48)35-20-12-5-13-21-35)26-39(31-49)47(44)53-45-28-36(32-14-6-2-7-15-32)22-24-40(45)41-25-23-37(29-46(41)53)33-16-8-3-9-17-33/h2-30H. The molecule has 0 radical (unpaired) electrons. The van der Waals surface area contributed by atoms with Crippen molar-refractivity contribution in [3.8, 4) is 67.9 Å². The molecule has 0 spiro atoms. The first-order chi connectivity index (χ1) is 26.2. The van der Waals surface area contributed by atoms with Crippen molar-refractivity contribution in [2.24, 2.45) is 0 Å². The van der Waals surface area contributed by atoms with E-state index in [1.54, 1.807) is 0 Å². The fourth-order valence-electron chi connectivity index (χ4n) is 7.12. The Morgan fingerprint density at radius 3 is 1.36 bits per heavy atom. The summed E-state index contributed by atoms with van der Waals surface area (Å²) in [5, 5.41) is 12.9. The van der Waals surface area contributed by atoms with E-state index in [4.69, 9.17) is 16.5 Å². The number of nitrogens with zero attached hydrogens (tertiary/aromatic N) is 5. The molecular weight excluding hydrogens is 647 g/mol. The molecule has 0 amide bonds. The minimum Gasteiger partial charge on any atom is -0.318 e. The maximum Gasteiger partial charge on any atom is 0.212 e. The van der Waals surface area contributed by atoms with Gasteiger partial charge in [-0.3, -0.25) is 0 Å². The Hall–Kier alpha value is -7.60. The van der Waals surface area contributed by atoms with Gasteiger partial charge in [-0.1, -0.05) is 146 Å². The molecule has 0 saturated carbocycles. The van der Waals surface area contributed by atoms with Gasteiger partial charge in [0.2, 0.25) is 5.69 Å². The van der Waals surface area contributed by atoms with Gasteiger partial charge >= 0.3 is 0 Å². The van der Waals surface area contributed by atoms with Crippen LogP contribution in [-0.4, -0.2) is 14.5 Å². The summed E-state index contributed by atoms with van der Waals surface area (Å²) in [5.74, 6) is 0.443. The first-order valence-corrected chi connectivity index (χ1v) is 17.3. The van der Waals surface area contributed by atoms with Gasteiger partial charge in [-0.05, 0) is 52.6 Å². The summed E-state index contributed by atoms with van der Waals surface area (Å²) in [6.45, 7) is 8.50. The number of hydrogen-bond donors (Lipinski definition) is 0. The van der Waals surface area contributed by atoms with Gasteiger partial charge in [-0.25, -0.2) is 14.8 Å². The van der Waals surface area contributed by atoms with Gasteiger partial charge in [0.15, 0.2) is 5.82 Å². The topological polar surface area (TPSA) is 58.9 Å². The fraction of sp³-hybridized carbons (Fsp3) is 0. The molecule has 0 fully saturated rings. The Labute approximate surface area is 307 Å². The quantitative estimate of drug-likeness (QED) is 0.165. The van der Waals surface area contributed by atoms with Gasteiger partial charge in [0.1, 0.15) is 0 Å². The van der Waals surface area contributed by atoms with Crippen molar-refractivity contribution < 1.29 is 0 Å². The molecule has 246 valence electrons. The second kappa shape index (κ2) is 13.3. The number of rotatable bonds is 6. The number of fused-ring (bicyclic) bond motifs is 3. The zero-order valence-electron chi connectivity index (χ0n) is 28.5. The maximum absolute atomic E-state index is 10.9. The van der Waals surface area contributed by atoms with Crippen LogP contribution in [0, 0.1) is 17.9 Å². The lowest BCUT2D eigenvalue weighted by atomic mass is 10.0. The highest BCUT2D eigenvalue weighted by Gasteiger charge is 2.22. The van der Waals surface area contributed by atoms with E-state index in [0.29, 0.717) is 28.3 Å². The van der Waals surface area contributed by atoms with Gasteiger partial charge in [0, 0.05) is 27.5 Å². The molecule has 5 nitrogen and oxygen atoms in total. The molecule has 0 aliphatic carbocycles. The summed E-state index contributed by atoms with van der Waals surface area (Å²) in [5.41, 5.74) is 11.3. The van der Waals surface area contributed by atoms with Crippen molar-refractivity contribution in [1.82, 2.24) is 14.5 Å². The molecule has 0 unspecified atom stereocenters. The lowest BCUT2D eigenvalue weighted by Gasteiger charge is -2.16. The first-order valence-electron chi connectivity index (χ1n) is 17.3.